The van der Waals surface area contributed by atoms with E-state index in [0.717, 1.165) is 66.1 Å². The van der Waals surface area contributed by atoms with Gasteiger partial charge in [0.05, 0.1) is 13.1 Å². The van der Waals surface area contributed by atoms with Gasteiger partial charge < -0.3 is 37.2 Å². The third-order valence-electron chi connectivity index (χ3n) is 6.47. The molecular formula is C30H34N10OS. The van der Waals surface area contributed by atoms with Gasteiger partial charge in [0.25, 0.3) is 0 Å². The van der Waals surface area contributed by atoms with E-state index in [2.05, 4.69) is 52.2 Å². The zero-order valence-corrected chi connectivity index (χ0v) is 24.4. The molecule has 5 rings (SSSR count). The van der Waals surface area contributed by atoms with E-state index in [1.165, 1.54) is 0 Å². The van der Waals surface area contributed by atoms with E-state index >= 15 is 0 Å². The summed E-state index contributed by atoms with van der Waals surface area (Å²) in [7, 11) is 1.76. The molecule has 3 aromatic rings. The number of urea groups is 1. The van der Waals surface area contributed by atoms with E-state index in [1.54, 1.807) is 7.05 Å². The van der Waals surface area contributed by atoms with Crippen LogP contribution in [0.1, 0.15) is 23.6 Å². The summed E-state index contributed by atoms with van der Waals surface area (Å²) in [5, 5.41) is 22.5. The second-order valence-corrected chi connectivity index (χ2v) is 9.94. The number of aliphatic imine (C=N–C) groups is 3. The second kappa shape index (κ2) is 13.6. The number of nitrogens with one attached hydrogen (secondary N) is 7. The molecule has 0 atom stereocenters. The molecule has 42 heavy (non-hydrogen) atoms. The van der Waals surface area contributed by atoms with Gasteiger partial charge in [-0.3, -0.25) is 15.0 Å². The molecule has 0 saturated carbocycles. The number of rotatable bonds is 8. The van der Waals surface area contributed by atoms with E-state index in [0.29, 0.717) is 28.7 Å². The molecule has 11 nitrogen and oxygen atoms in total. The maximum absolute atomic E-state index is 12.9. The normalized spacial score (nSPS) is 14.2. The van der Waals surface area contributed by atoms with Gasteiger partial charge in [-0.15, -0.1) is 0 Å². The number of hydrogen-bond acceptors (Lipinski definition) is 7. The number of hydrogen-bond donors (Lipinski definition) is 7. The number of anilines is 4. The molecule has 0 fully saturated rings. The first-order valence-corrected chi connectivity index (χ1v) is 14.2. The Morgan fingerprint density at radius 2 is 1.33 bits per heavy atom. The van der Waals surface area contributed by atoms with Gasteiger partial charge in [-0.25, -0.2) is 4.79 Å². The molecule has 0 spiro atoms. The summed E-state index contributed by atoms with van der Waals surface area (Å²) in [4.78, 5) is 26.2. The minimum absolute atomic E-state index is 0.364. The van der Waals surface area contributed by atoms with Gasteiger partial charge >= 0.3 is 6.03 Å². The molecule has 2 aliphatic rings. The number of nitrogens with zero attached hydrogens (tertiary/aromatic N) is 3. The van der Waals surface area contributed by atoms with E-state index in [4.69, 9.17) is 12.2 Å². The molecule has 0 bridgehead atoms. The number of amides is 2. The van der Waals surface area contributed by atoms with Crippen LogP contribution in [0.15, 0.2) is 81.7 Å². The van der Waals surface area contributed by atoms with Crippen LogP contribution in [0.3, 0.4) is 0 Å². The van der Waals surface area contributed by atoms with Gasteiger partial charge in [-0.2, -0.15) is 0 Å². The standard InChI is InChI=1S/C30H34N10OS/c1-3-32-26(31-2)19-4-10-23(11-5-19)39-30(42)40-25-17-21(28-35-14-15-36-28)16-24(18-25)38-29(41)37-22-8-6-20(7-9-22)27-33-12-13-34-27/h4-11,16-18H,3,12-15H2,1-2H3,(H,31,32)(H,33,34)(H,35,36)(H2,37,38,41)(H2,39,40,42). The summed E-state index contributed by atoms with van der Waals surface area (Å²) in [6, 6.07) is 20.7. The fraction of sp³-hybridized carbons (Fsp3) is 0.233. The van der Waals surface area contributed by atoms with Crippen LogP contribution in [0, 0.1) is 0 Å². The minimum Gasteiger partial charge on any atom is -0.370 e. The molecular weight excluding hydrogens is 548 g/mol. The summed E-state index contributed by atoms with van der Waals surface area (Å²) in [5.41, 5.74) is 5.61. The Hall–Kier alpha value is -4.97. The monoisotopic (exact) mass is 582 g/mol. The summed E-state index contributed by atoms with van der Waals surface area (Å²) >= 11 is 5.60. The molecule has 0 saturated heterocycles. The van der Waals surface area contributed by atoms with Crippen molar-refractivity contribution in [2.75, 3.05) is 61.0 Å². The van der Waals surface area contributed by atoms with Crippen LogP contribution < -0.4 is 37.2 Å². The number of carbonyl (C=O) groups excluding carboxylic acids is 1. The highest BCUT2D eigenvalue weighted by Crippen LogP contribution is 2.22. The average molecular weight is 583 g/mol. The molecule has 0 aliphatic carbocycles. The zero-order valence-electron chi connectivity index (χ0n) is 23.5. The van der Waals surface area contributed by atoms with E-state index in [-0.39, 0.29) is 6.03 Å². The predicted molar refractivity (Wildman–Crippen MR) is 177 cm³/mol. The Kier molecular flexibility index (Phi) is 9.24. The third-order valence-corrected chi connectivity index (χ3v) is 6.67. The Balaban J connectivity index is 1.25. The molecule has 2 amide bonds. The van der Waals surface area contributed by atoms with Crippen molar-refractivity contribution in [1.29, 1.82) is 0 Å². The van der Waals surface area contributed by atoms with Crippen molar-refractivity contribution in [2.45, 2.75) is 6.92 Å². The van der Waals surface area contributed by atoms with Crippen LogP contribution in [0.4, 0.5) is 27.5 Å². The van der Waals surface area contributed by atoms with E-state index in [9.17, 15) is 4.79 Å². The van der Waals surface area contributed by atoms with Gasteiger partial charge in [-0.05, 0) is 85.9 Å². The lowest BCUT2D eigenvalue weighted by Crippen LogP contribution is -2.24. The van der Waals surface area contributed by atoms with Crippen molar-refractivity contribution in [1.82, 2.24) is 16.0 Å². The van der Waals surface area contributed by atoms with Crippen LogP contribution in [0.2, 0.25) is 0 Å². The van der Waals surface area contributed by atoms with Crippen molar-refractivity contribution < 1.29 is 4.79 Å². The first-order chi connectivity index (χ1) is 20.5. The van der Waals surface area contributed by atoms with Gasteiger partial charge in [0.1, 0.15) is 17.5 Å². The smallest absolute Gasteiger partial charge is 0.323 e. The Morgan fingerprint density at radius 1 is 0.786 bits per heavy atom. The van der Waals surface area contributed by atoms with Crippen molar-refractivity contribution in [3.05, 3.63) is 83.4 Å². The molecule has 0 aromatic heterocycles. The van der Waals surface area contributed by atoms with E-state index in [1.807, 2.05) is 73.7 Å². The predicted octanol–water partition coefficient (Wildman–Crippen LogP) is 3.83. The number of carbonyl (C=O) groups is 1. The largest absolute Gasteiger partial charge is 0.370 e. The van der Waals surface area contributed by atoms with Crippen molar-refractivity contribution in [3.63, 3.8) is 0 Å². The lowest BCUT2D eigenvalue weighted by atomic mass is 10.1. The third kappa shape index (κ3) is 7.40. The first kappa shape index (κ1) is 28.6. The topological polar surface area (TPSA) is 138 Å². The summed E-state index contributed by atoms with van der Waals surface area (Å²) in [6.45, 7) is 5.91. The first-order valence-electron chi connectivity index (χ1n) is 13.8. The van der Waals surface area contributed by atoms with E-state index < -0.39 is 0 Å². The lowest BCUT2D eigenvalue weighted by Gasteiger charge is -2.15. The fourth-order valence-electron chi connectivity index (χ4n) is 4.58. The van der Waals surface area contributed by atoms with Crippen LogP contribution in [-0.2, 0) is 0 Å². The molecule has 7 N–H and O–H groups in total. The zero-order chi connectivity index (χ0) is 29.3. The maximum Gasteiger partial charge on any atom is 0.323 e. The summed E-state index contributed by atoms with van der Waals surface area (Å²) in [6.07, 6.45) is 0. The summed E-state index contributed by atoms with van der Waals surface area (Å²) < 4.78 is 0. The fourth-order valence-corrected chi connectivity index (χ4v) is 4.81. The molecule has 216 valence electrons. The second-order valence-electron chi connectivity index (χ2n) is 9.53. The number of thiocarbonyl (C=S) groups is 1. The average Bonchev–Trinajstić information content (AvgIpc) is 3.72. The van der Waals surface area contributed by atoms with Gasteiger partial charge in [0.15, 0.2) is 5.11 Å². The Morgan fingerprint density at radius 3 is 1.93 bits per heavy atom. The van der Waals surface area contributed by atoms with Gasteiger partial charge in [0, 0.05) is 66.1 Å². The van der Waals surface area contributed by atoms with Gasteiger partial charge in [0.2, 0.25) is 0 Å². The van der Waals surface area contributed by atoms with Crippen LogP contribution >= 0.6 is 12.2 Å². The van der Waals surface area contributed by atoms with Crippen molar-refractivity contribution in [3.8, 4) is 0 Å². The summed E-state index contributed by atoms with van der Waals surface area (Å²) in [5.74, 6) is 2.48. The molecule has 0 radical (unpaired) electrons. The van der Waals surface area contributed by atoms with Gasteiger partial charge in [-0.1, -0.05) is 0 Å². The van der Waals surface area contributed by atoms with Crippen LogP contribution in [0.5, 0.6) is 0 Å². The lowest BCUT2D eigenvalue weighted by molar-refractivity contribution is 0.262. The van der Waals surface area contributed by atoms with Crippen LogP contribution in [-0.4, -0.2) is 68.4 Å². The van der Waals surface area contributed by atoms with Crippen molar-refractivity contribution >= 4 is 63.6 Å². The highest BCUT2D eigenvalue weighted by atomic mass is 32.1. The minimum atomic E-state index is -0.364. The molecule has 12 heteroatoms. The molecule has 2 aliphatic heterocycles. The molecule has 2 heterocycles. The molecule has 3 aromatic carbocycles. The van der Waals surface area contributed by atoms with Crippen LogP contribution in [0.25, 0.3) is 0 Å². The Labute approximate surface area is 250 Å². The number of amidine groups is 3. The highest BCUT2D eigenvalue weighted by Gasteiger charge is 2.14. The highest BCUT2D eigenvalue weighted by molar-refractivity contribution is 7.80. The molecule has 0 unspecified atom stereocenters. The van der Waals surface area contributed by atoms with Crippen molar-refractivity contribution in [2.24, 2.45) is 15.0 Å². The Bertz CT molecular complexity index is 1530. The quantitative estimate of drug-likeness (QED) is 0.122. The SMILES string of the molecule is CCNC(=NC)c1ccc(NC(=S)Nc2cc(NC(=O)Nc3ccc(C4=NCCN4)cc3)cc(C3=NCCN3)c2)cc1. The maximum atomic E-state index is 12.9. The number of benzene rings is 3.